The Morgan fingerprint density at radius 2 is 1.72 bits per heavy atom. The van der Waals surface area contributed by atoms with Gasteiger partial charge in [0.2, 0.25) is 0 Å². The van der Waals surface area contributed by atoms with Crippen molar-refractivity contribution in [1.82, 2.24) is 15.2 Å². The first-order chi connectivity index (χ1) is 15.3. The molecular formula is C24H25F4N3O. The predicted octanol–water partition coefficient (Wildman–Crippen LogP) is 5.26. The van der Waals surface area contributed by atoms with Gasteiger partial charge < -0.3 is 5.32 Å². The summed E-state index contributed by atoms with van der Waals surface area (Å²) in [6, 6.07) is 6.51. The Labute approximate surface area is 184 Å². The minimum atomic E-state index is -4.83. The number of carbonyl (C=O) groups is 1. The molecule has 1 atom stereocenters. The van der Waals surface area contributed by atoms with E-state index in [1.807, 2.05) is 0 Å². The average Bonchev–Trinajstić information content (AvgIpc) is 3.26. The Hall–Kier alpha value is -2.48. The highest BCUT2D eigenvalue weighted by Gasteiger charge is 2.59. The molecule has 0 spiro atoms. The van der Waals surface area contributed by atoms with E-state index in [9.17, 15) is 22.4 Å². The van der Waals surface area contributed by atoms with Gasteiger partial charge in [0.25, 0.3) is 5.91 Å². The fourth-order valence-electron chi connectivity index (χ4n) is 6.04. The first-order valence-corrected chi connectivity index (χ1v) is 11.2. The molecule has 1 aromatic heterocycles. The van der Waals surface area contributed by atoms with Gasteiger partial charge in [0.15, 0.2) is 0 Å². The molecule has 2 saturated heterocycles. The highest BCUT2D eigenvalue weighted by molar-refractivity contribution is 5.96. The molecule has 3 aliphatic rings. The average molecular weight is 447 g/mol. The van der Waals surface area contributed by atoms with Crippen molar-refractivity contribution in [1.29, 1.82) is 0 Å². The van der Waals surface area contributed by atoms with Crippen LogP contribution in [0.3, 0.4) is 0 Å². The predicted molar refractivity (Wildman–Crippen MR) is 110 cm³/mol. The molecule has 32 heavy (non-hydrogen) atoms. The zero-order valence-corrected chi connectivity index (χ0v) is 17.5. The number of benzene rings is 1. The summed E-state index contributed by atoms with van der Waals surface area (Å²) in [5.74, 6) is -2.20. The molecule has 1 aliphatic carbocycles. The van der Waals surface area contributed by atoms with Gasteiger partial charge in [-0.3, -0.25) is 14.7 Å². The van der Waals surface area contributed by atoms with Crippen LogP contribution in [0.1, 0.15) is 72.5 Å². The first kappa shape index (κ1) is 21.4. The minimum Gasteiger partial charge on any atom is -0.343 e. The highest BCUT2D eigenvalue weighted by Crippen LogP contribution is 2.55. The van der Waals surface area contributed by atoms with Crippen LogP contribution >= 0.6 is 0 Å². The Bertz CT molecular complexity index is 998. The molecule has 170 valence electrons. The summed E-state index contributed by atoms with van der Waals surface area (Å²) in [5.41, 5.74) is -1.80. The van der Waals surface area contributed by atoms with Crippen LogP contribution in [0.5, 0.6) is 0 Å². The lowest BCUT2D eigenvalue weighted by Gasteiger charge is -2.48. The molecule has 4 nitrogen and oxygen atoms in total. The van der Waals surface area contributed by atoms with Crippen molar-refractivity contribution < 1.29 is 22.4 Å². The molecule has 3 fully saturated rings. The standard InChI is InChI=1S/C24H25F4N3O/c25-19-6-2-5-18(24(26,27)28)20(19)22(32)30-21(15-9-13-29-14-10-15)23-11-7-17(8-12-23)31(23)16-3-1-4-16/h2,5-6,9-10,13-14,16-17,21H,1,3-4,7-8,11-12H2,(H,30,32). The van der Waals surface area contributed by atoms with Crippen molar-refractivity contribution in [3.63, 3.8) is 0 Å². The maximum atomic E-state index is 14.5. The summed E-state index contributed by atoms with van der Waals surface area (Å²) in [4.78, 5) is 19.8. The normalized spacial score (nSPS) is 26.7. The molecule has 1 saturated carbocycles. The third-order valence-electron chi connectivity index (χ3n) is 7.59. The van der Waals surface area contributed by atoms with E-state index in [-0.39, 0.29) is 5.54 Å². The van der Waals surface area contributed by atoms with Gasteiger partial charge >= 0.3 is 6.18 Å². The van der Waals surface area contributed by atoms with E-state index in [0.717, 1.165) is 62.3 Å². The summed E-state index contributed by atoms with van der Waals surface area (Å²) in [6.45, 7) is 0. The van der Waals surface area contributed by atoms with Crippen LogP contribution in [0.2, 0.25) is 0 Å². The number of hydrogen-bond acceptors (Lipinski definition) is 3. The molecule has 1 unspecified atom stereocenters. The lowest BCUT2D eigenvalue weighted by molar-refractivity contribution is -0.138. The van der Waals surface area contributed by atoms with Gasteiger partial charge in [0, 0.05) is 30.0 Å². The lowest BCUT2D eigenvalue weighted by Crippen LogP contribution is -2.57. The first-order valence-electron chi connectivity index (χ1n) is 11.2. The van der Waals surface area contributed by atoms with Crippen molar-refractivity contribution in [2.75, 3.05) is 0 Å². The second kappa shape index (κ2) is 7.83. The number of fused-ring (bicyclic) bond motifs is 2. The number of pyridine rings is 1. The van der Waals surface area contributed by atoms with Crippen LogP contribution < -0.4 is 5.32 Å². The largest absolute Gasteiger partial charge is 0.417 e. The Morgan fingerprint density at radius 3 is 2.31 bits per heavy atom. The van der Waals surface area contributed by atoms with Crippen LogP contribution in [0.4, 0.5) is 17.6 Å². The van der Waals surface area contributed by atoms with Crippen LogP contribution in [0, 0.1) is 5.82 Å². The number of aromatic nitrogens is 1. The van der Waals surface area contributed by atoms with Crippen LogP contribution in [0.15, 0.2) is 42.7 Å². The van der Waals surface area contributed by atoms with E-state index in [1.165, 1.54) is 6.42 Å². The van der Waals surface area contributed by atoms with E-state index < -0.39 is 35.1 Å². The fourth-order valence-corrected chi connectivity index (χ4v) is 6.04. The molecule has 3 heterocycles. The second-order valence-corrected chi connectivity index (χ2v) is 9.17. The van der Waals surface area contributed by atoms with Crippen molar-refractivity contribution in [3.8, 4) is 0 Å². The molecule has 5 rings (SSSR count). The summed E-state index contributed by atoms with van der Waals surface area (Å²) >= 11 is 0. The van der Waals surface area contributed by atoms with Gasteiger partial charge in [-0.2, -0.15) is 13.2 Å². The van der Waals surface area contributed by atoms with Gasteiger partial charge in [0.1, 0.15) is 5.82 Å². The molecule has 2 bridgehead atoms. The number of nitrogens with zero attached hydrogens (tertiary/aromatic N) is 2. The second-order valence-electron chi connectivity index (χ2n) is 9.17. The Morgan fingerprint density at radius 1 is 1.06 bits per heavy atom. The molecule has 1 N–H and O–H groups in total. The Balaban J connectivity index is 1.55. The summed E-state index contributed by atoms with van der Waals surface area (Å²) < 4.78 is 55.2. The van der Waals surface area contributed by atoms with Gasteiger partial charge in [0.05, 0.1) is 17.2 Å². The maximum Gasteiger partial charge on any atom is 0.417 e. The molecule has 2 aromatic rings. The number of rotatable bonds is 5. The topological polar surface area (TPSA) is 45.2 Å². The van der Waals surface area contributed by atoms with E-state index in [1.54, 1.807) is 24.5 Å². The van der Waals surface area contributed by atoms with E-state index in [4.69, 9.17) is 0 Å². The lowest BCUT2D eigenvalue weighted by atomic mass is 9.77. The summed E-state index contributed by atoms with van der Waals surface area (Å²) in [7, 11) is 0. The number of nitrogens with one attached hydrogen (secondary N) is 1. The minimum absolute atomic E-state index is 0.379. The van der Waals surface area contributed by atoms with Gasteiger partial charge in [-0.1, -0.05) is 12.5 Å². The van der Waals surface area contributed by atoms with Crippen molar-refractivity contribution in [2.24, 2.45) is 0 Å². The third kappa shape index (κ3) is 3.39. The molecule has 2 aliphatic heterocycles. The fraction of sp³-hybridized carbons (Fsp3) is 0.500. The molecule has 1 aromatic carbocycles. The molecule has 8 heteroatoms. The summed E-state index contributed by atoms with van der Waals surface area (Å²) in [6.07, 6.45) is 5.47. The van der Waals surface area contributed by atoms with Crippen molar-refractivity contribution in [2.45, 2.75) is 74.8 Å². The Kier molecular flexibility index (Phi) is 5.23. The number of hydrogen-bond donors (Lipinski definition) is 1. The quantitative estimate of drug-likeness (QED) is 0.636. The smallest absolute Gasteiger partial charge is 0.343 e. The number of alkyl halides is 3. The zero-order valence-electron chi connectivity index (χ0n) is 17.5. The van der Waals surface area contributed by atoms with Gasteiger partial charge in [-0.15, -0.1) is 0 Å². The van der Waals surface area contributed by atoms with Crippen molar-refractivity contribution in [3.05, 3.63) is 65.2 Å². The number of amides is 1. The van der Waals surface area contributed by atoms with E-state index >= 15 is 0 Å². The van der Waals surface area contributed by atoms with E-state index in [2.05, 4.69) is 15.2 Å². The SMILES string of the molecule is O=C(NC(c1ccncc1)C12CCC(CC1)N2C1CCC1)c1c(F)cccc1C(F)(F)F. The molecular weight excluding hydrogens is 422 g/mol. The molecule has 0 radical (unpaired) electrons. The van der Waals surface area contributed by atoms with Crippen LogP contribution in [0.25, 0.3) is 0 Å². The van der Waals surface area contributed by atoms with Crippen molar-refractivity contribution >= 4 is 5.91 Å². The highest BCUT2D eigenvalue weighted by atomic mass is 19.4. The number of halogens is 4. The summed E-state index contributed by atoms with van der Waals surface area (Å²) in [5, 5.41) is 2.85. The maximum absolute atomic E-state index is 14.5. The van der Waals surface area contributed by atoms with Gasteiger partial charge in [-0.25, -0.2) is 4.39 Å². The van der Waals surface area contributed by atoms with Crippen LogP contribution in [-0.4, -0.2) is 33.4 Å². The van der Waals surface area contributed by atoms with Gasteiger partial charge in [-0.05, 0) is 68.4 Å². The molecule has 1 amide bonds. The van der Waals surface area contributed by atoms with Crippen LogP contribution in [-0.2, 0) is 6.18 Å². The van der Waals surface area contributed by atoms with E-state index in [0.29, 0.717) is 12.1 Å². The monoisotopic (exact) mass is 447 g/mol. The number of carbonyl (C=O) groups excluding carboxylic acids is 1. The third-order valence-corrected chi connectivity index (χ3v) is 7.59. The zero-order chi connectivity index (χ0) is 22.5.